The van der Waals surface area contributed by atoms with Gasteiger partial charge in [0.15, 0.2) is 0 Å². The summed E-state index contributed by atoms with van der Waals surface area (Å²) in [6, 6.07) is 6.12. The second kappa shape index (κ2) is 6.91. The second-order valence-corrected chi connectivity index (χ2v) is 6.80. The van der Waals surface area contributed by atoms with E-state index < -0.39 is 15.6 Å². The van der Waals surface area contributed by atoms with Gasteiger partial charge in [0.05, 0.1) is 18.4 Å². The Bertz CT molecular complexity index is 569. The van der Waals surface area contributed by atoms with Crippen molar-refractivity contribution in [3.63, 3.8) is 0 Å². The molecule has 118 valence electrons. The SMILES string of the molecule is CCC(CC)(CO)NC(=O)c1ccc(NS(C)(=O)=O)cc1. The van der Waals surface area contributed by atoms with Crippen LogP contribution in [0.5, 0.6) is 0 Å². The van der Waals surface area contributed by atoms with Gasteiger partial charge in [0.2, 0.25) is 10.0 Å². The van der Waals surface area contributed by atoms with Crippen LogP contribution in [-0.2, 0) is 10.0 Å². The minimum absolute atomic E-state index is 0.126. The van der Waals surface area contributed by atoms with Crippen molar-refractivity contribution in [3.8, 4) is 0 Å². The highest BCUT2D eigenvalue weighted by Crippen LogP contribution is 2.16. The summed E-state index contributed by atoms with van der Waals surface area (Å²) in [5.74, 6) is -0.293. The number of carbonyl (C=O) groups excluding carboxylic acids is 1. The minimum Gasteiger partial charge on any atom is -0.394 e. The monoisotopic (exact) mass is 314 g/mol. The van der Waals surface area contributed by atoms with Crippen molar-refractivity contribution in [3.05, 3.63) is 29.8 Å². The molecule has 3 N–H and O–H groups in total. The van der Waals surface area contributed by atoms with Gasteiger partial charge in [-0.3, -0.25) is 9.52 Å². The Labute approximate surface area is 125 Å². The van der Waals surface area contributed by atoms with Crippen LogP contribution in [0.15, 0.2) is 24.3 Å². The van der Waals surface area contributed by atoms with Crippen LogP contribution in [0.2, 0.25) is 0 Å². The van der Waals surface area contributed by atoms with E-state index in [1.807, 2.05) is 13.8 Å². The van der Waals surface area contributed by atoms with Gasteiger partial charge in [-0.2, -0.15) is 0 Å². The standard InChI is InChI=1S/C14H22N2O4S/c1-4-14(5-2,10-17)15-13(18)11-6-8-12(9-7-11)16-21(3,19)20/h6-9,16-17H,4-5,10H2,1-3H3,(H,15,18). The van der Waals surface area contributed by atoms with Gasteiger partial charge in [0.25, 0.3) is 5.91 Å². The van der Waals surface area contributed by atoms with E-state index in [9.17, 15) is 18.3 Å². The highest BCUT2D eigenvalue weighted by molar-refractivity contribution is 7.92. The molecule has 1 aromatic carbocycles. The zero-order valence-electron chi connectivity index (χ0n) is 12.5. The third-order valence-electron chi connectivity index (χ3n) is 3.49. The Morgan fingerprint density at radius 3 is 2.10 bits per heavy atom. The van der Waals surface area contributed by atoms with Gasteiger partial charge in [0.1, 0.15) is 0 Å². The Kier molecular flexibility index (Phi) is 5.74. The van der Waals surface area contributed by atoms with E-state index >= 15 is 0 Å². The number of aliphatic hydroxyl groups excluding tert-OH is 1. The summed E-state index contributed by atoms with van der Waals surface area (Å²) in [5.41, 5.74) is 0.183. The fourth-order valence-corrected chi connectivity index (χ4v) is 2.47. The number of benzene rings is 1. The van der Waals surface area contributed by atoms with E-state index in [0.29, 0.717) is 24.1 Å². The van der Waals surface area contributed by atoms with Crippen LogP contribution < -0.4 is 10.0 Å². The predicted octanol–water partition coefficient (Wildman–Crippen LogP) is 1.34. The molecule has 0 atom stereocenters. The summed E-state index contributed by atoms with van der Waals surface area (Å²) >= 11 is 0. The van der Waals surface area contributed by atoms with E-state index in [2.05, 4.69) is 10.0 Å². The molecule has 21 heavy (non-hydrogen) atoms. The summed E-state index contributed by atoms with van der Waals surface area (Å²) in [5, 5.41) is 12.3. The lowest BCUT2D eigenvalue weighted by molar-refractivity contribution is 0.0818. The third-order valence-corrected chi connectivity index (χ3v) is 4.09. The summed E-state index contributed by atoms with van der Waals surface area (Å²) in [6.45, 7) is 3.68. The van der Waals surface area contributed by atoms with E-state index in [4.69, 9.17) is 0 Å². The van der Waals surface area contributed by atoms with Crippen LogP contribution in [0.4, 0.5) is 5.69 Å². The van der Waals surface area contributed by atoms with Crippen LogP contribution in [-0.4, -0.2) is 37.8 Å². The quantitative estimate of drug-likeness (QED) is 0.707. The highest BCUT2D eigenvalue weighted by atomic mass is 32.2. The first-order valence-corrected chi connectivity index (χ1v) is 8.65. The van der Waals surface area contributed by atoms with Crippen LogP contribution in [0.25, 0.3) is 0 Å². The molecule has 0 aromatic heterocycles. The lowest BCUT2D eigenvalue weighted by Gasteiger charge is -2.30. The number of sulfonamides is 1. The van der Waals surface area contributed by atoms with Crippen molar-refractivity contribution in [2.45, 2.75) is 32.2 Å². The molecule has 0 unspecified atom stereocenters. The van der Waals surface area contributed by atoms with Gasteiger partial charge in [-0.1, -0.05) is 13.8 Å². The number of rotatable bonds is 7. The molecule has 0 aliphatic heterocycles. The Morgan fingerprint density at radius 2 is 1.71 bits per heavy atom. The molecule has 1 amide bonds. The molecule has 1 aromatic rings. The topological polar surface area (TPSA) is 95.5 Å². The number of amides is 1. The van der Waals surface area contributed by atoms with Crippen LogP contribution in [0.3, 0.4) is 0 Å². The fraction of sp³-hybridized carbons (Fsp3) is 0.500. The van der Waals surface area contributed by atoms with Crippen molar-refractivity contribution in [2.24, 2.45) is 0 Å². The van der Waals surface area contributed by atoms with Crippen molar-refractivity contribution >= 4 is 21.6 Å². The number of hydrogen-bond donors (Lipinski definition) is 3. The van der Waals surface area contributed by atoms with Gasteiger partial charge < -0.3 is 10.4 Å². The first-order chi connectivity index (χ1) is 9.75. The number of nitrogens with one attached hydrogen (secondary N) is 2. The number of hydrogen-bond acceptors (Lipinski definition) is 4. The maximum absolute atomic E-state index is 12.2. The van der Waals surface area contributed by atoms with Crippen LogP contribution >= 0.6 is 0 Å². The van der Waals surface area contributed by atoms with Crippen molar-refractivity contribution < 1.29 is 18.3 Å². The molecule has 0 heterocycles. The molecule has 0 bridgehead atoms. The molecular formula is C14H22N2O4S. The van der Waals surface area contributed by atoms with Crippen LogP contribution in [0, 0.1) is 0 Å². The average Bonchev–Trinajstić information content (AvgIpc) is 2.44. The molecule has 1 rings (SSSR count). The normalized spacial score (nSPS) is 12.0. The fourth-order valence-electron chi connectivity index (χ4n) is 1.91. The lowest BCUT2D eigenvalue weighted by Crippen LogP contribution is -2.50. The first kappa shape index (κ1) is 17.5. The minimum atomic E-state index is -3.33. The Morgan fingerprint density at radius 1 is 1.19 bits per heavy atom. The summed E-state index contributed by atoms with van der Waals surface area (Å²) < 4.78 is 24.5. The van der Waals surface area contributed by atoms with Crippen molar-refractivity contribution in [2.75, 3.05) is 17.6 Å². The van der Waals surface area contributed by atoms with Crippen LogP contribution in [0.1, 0.15) is 37.0 Å². The van der Waals surface area contributed by atoms with Gasteiger partial charge in [-0.15, -0.1) is 0 Å². The molecule has 0 saturated carbocycles. The van der Waals surface area contributed by atoms with Gasteiger partial charge >= 0.3 is 0 Å². The Balaban J connectivity index is 2.84. The Hall–Kier alpha value is -1.60. The molecule has 7 heteroatoms. The molecule has 0 spiro atoms. The zero-order valence-corrected chi connectivity index (χ0v) is 13.3. The van der Waals surface area contributed by atoms with Crippen molar-refractivity contribution in [1.29, 1.82) is 0 Å². The summed E-state index contributed by atoms with van der Waals surface area (Å²) in [7, 11) is -3.33. The van der Waals surface area contributed by atoms with E-state index in [0.717, 1.165) is 6.26 Å². The molecule has 0 aliphatic rings. The summed E-state index contributed by atoms with van der Waals surface area (Å²) in [4.78, 5) is 12.2. The largest absolute Gasteiger partial charge is 0.394 e. The predicted molar refractivity (Wildman–Crippen MR) is 82.8 cm³/mol. The maximum atomic E-state index is 12.2. The maximum Gasteiger partial charge on any atom is 0.251 e. The van der Waals surface area contributed by atoms with Gasteiger partial charge in [-0.05, 0) is 37.1 Å². The highest BCUT2D eigenvalue weighted by Gasteiger charge is 2.27. The van der Waals surface area contributed by atoms with E-state index in [1.165, 1.54) is 24.3 Å². The average molecular weight is 314 g/mol. The van der Waals surface area contributed by atoms with E-state index in [-0.39, 0.29) is 12.5 Å². The number of aliphatic hydroxyl groups is 1. The molecule has 6 nitrogen and oxygen atoms in total. The molecule has 0 radical (unpaired) electrons. The van der Waals surface area contributed by atoms with Gasteiger partial charge in [-0.25, -0.2) is 8.42 Å². The summed E-state index contributed by atoms with van der Waals surface area (Å²) in [6.07, 6.45) is 2.31. The molecular weight excluding hydrogens is 292 g/mol. The van der Waals surface area contributed by atoms with Crippen molar-refractivity contribution in [1.82, 2.24) is 5.32 Å². The molecule has 0 saturated heterocycles. The number of anilines is 1. The van der Waals surface area contributed by atoms with Gasteiger partial charge in [0, 0.05) is 11.3 Å². The third kappa shape index (κ3) is 5.02. The number of carbonyl (C=O) groups is 1. The zero-order chi connectivity index (χ0) is 16.1. The van der Waals surface area contributed by atoms with E-state index in [1.54, 1.807) is 0 Å². The second-order valence-electron chi connectivity index (χ2n) is 5.05. The molecule has 0 fully saturated rings. The molecule has 0 aliphatic carbocycles. The first-order valence-electron chi connectivity index (χ1n) is 6.76. The smallest absolute Gasteiger partial charge is 0.251 e. The lowest BCUT2D eigenvalue weighted by atomic mass is 9.93.